The van der Waals surface area contributed by atoms with Gasteiger partial charge in [-0.15, -0.1) is 47.0 Å². The minimum atomic E-state index is -5.48. The highest BCUT2D eigenvalue weighted by atomic mass is 32.2. The predicted molar refractivity (Wildman–Crippen MR) is 123 cm³/mol. The van der Waals surface area contributed by atoms with Crippen LogP contribution in [-0.2, 0) is 0 Å². The van der Waals surface area contributed by atoms with E-state index in [1.54, 1.807) is 0 Å². The normalized spacial score (nSPS) is 34.5. The minimum Gasteiger partial charge on any atom is -0.194 e. The van der Waals surface area contributed by atoms with E-state index in [4.69, 9.17) is 0 Å². The molecule has 10 heteroatoms. The van der Waals surface area contributed by atoms with Gasteiger partial charge in [0.2, 0.25) is 0 Å². The van der Waals surface area contributed by atoms with Gasteiger partial charge in [-0.25, -0.2) is 0 Å². The molecule has 31 heavy (non-hydrogen) atoms. The number of hydrogen-bond donors (Lipinski definition) is 0. The molecule has 0 amide bonds. The van der Waals surface area contributed by atoms with Crippen LogP contribution in [0.4, 0.5) is 26.3 Å². The molecule has 0 N–H and O–H groups in total. The summed E-state index contributed by atoms with van der Waals surface area (Å²) in [6, 6.07) is 0. The van der Waals surface area contributed by atoms with Gasteiger partial charge in [0, 0.05) is 19.6 Å². The van der Waals surface area contributed by atoms with Crippen LogP contribution < -0.4 is 0 Å². The van der Waals surface area contributed by atoms with Gasteiger partial charge >= 0.3 is 17.8 Å². The van der Waals surface area contributed by atoms with Crippen LogP contribution >= 0.6 is 47.0 Å². The number of rotatable bonds is 6. The highest BCUT2D eigenvalue weighted by Crippen LogP contribution is 2.76. The Kier molecular flexibility index (Phi) is 5.80. The van der Waals surface area contributed by atoms with Crippen molar-refractivity contribution >= 4 is 47.0 Å². The average Bonchev–Trinajstić information content (AvgIpc) is 3.28. The van der Waals surface area contributed by atoms with Crippen molar-refractivity contribution in [3.8, 4) is 0 Å². The number of alkyl halides is 6. The van der Waals surface area contributed by atoms with Gasteiger partial charge in [-0.1, -0.05) is 27.7 Å². The van der Waals surface area contributed by atoms with Crippen LogP contribution in [0.5, 0.6) is 0 Å². The zero-order valence-electron chi connectivity index (χ0n) is 17.4. The molecule has 1 saturated carbocycles. The van der Waals surface area contributed by atoms with Gasteiger partial charge in [-0.3, -0.25) is 0 Å². The van der Waals surface area contributed by atoms with E-state index in [0.717, 1.165) is 0 Å². The average molecular weight is 517 g/mol. The van der Waals surface area contributed by atoms with E-state index < -0.39 is 38.4 Å². The van der Waals surface area contributed by atoms with Crippen molar-refractivity contribution in [2.75, 3.05) is 11.5 Å². The van der Waals surface area contributed by atoms with E-state index in [1.165, 1.54) is 59.2 Å². The Hall–Kier alpha value is -0.0600. The quantitative estimate of drug-likeness (QED) is 0.325. The van der Waals surface area contributed by atoms with Gasteiger partial charge in [0.05, 0.1) is 9.49 Å². The lowest BCUT2D eigenvalue weighted by Gasteiger charge is -2.50. The molecule has 2 aliphatic carbocycles. The second-order valence-corrected chi connectivity index (χ2v) is 13.5. The summed E-state index contributed by atoms with van der Waals surface area (Å²) >= 11 is 5.62. The standard InChI is InChI=1S/C21H22F6S4/c1-5-17-11(9-13(30-17)28-7-3)15-16(20(24,25)21(26,27)19(15,22)23)12-10-14(29-8-4)31-18(12,17)6-2/h9-10H,5-8H2,1-4H3/t17-,18-/m1/s1. The molecule has 0 unspecified atom stereocenters. The molecular weight excluding hydrogens is 494 g/mol. The van der Waals surface area contributed by atoms with Crippen LogP contribution in [-0.4, -0.2) is 38.8 Å². The summed E-state index contributed by atoms with van der Waals surface area (Å²) in [6.07, 6.45) is 3.68. The van der Waals surface area contributed by atoms with Crippen LogP contribution in [0.15, 0.2) is 42.9 Å². The van der Waals surface area contributed by atoms with Crippen molar-refractivity contribution < 1.29 is 26.3 Å². The third-order valence-electron chi connectivity index (χ3n) is 6.37. The maximum atomic E-state index is 15.1. The van der Waals surface area contributed by atoms with Crippen LogP contribution in [0.3, 0.4) is 0 Å². The summed E-state index contributed by atoms with van der Waals surface area (Å²) in [5.41, 5.74) is -2.38. The first kappa shape index (κ1) is 24.1. The van der Waals surface area contributed by atoms with Gasteiger partial charge in [-0.2, -0.15) is 26.3 Å². The van der Waals surface area contributed by atoms with Crippen molar-refractivity contribution in [3.05, 3.63) is 42.9 Å². The van der Waals surface area contributed by atoms with Crippen molar-refractivity contribution in [2.45, 2.75) is 67.8 Å². The van der Waals surface area contributed by atoms with Crippen LogP contribution in [0, 0.1) is 0 Å². The van der Waals surface area contributed by atoms with E-state index in [2.05, 4.69) is 0 Å². The summed E-state index contributed by atoms with van der Waals surface area (Å²) in [4.78, 5) is 0. The van der Waals surface area contributed by atoms with Crippen molar-refractivity contribution in [2.24, 2.45) is 0 Å². The summed E-state index contributed by atoms with van der Waals surface area (Å²) in [5, 5.41) is 0. The first-order valence-electron chi connectivity index (χ1n) is 10.1. The van der Waals surface area contributed by atoms with E-state index in [1.807, 2.05) is 27.7 Å². The highest BCUT2D eigenvalue weighted by Gasteiger charge is 2.84. The molecule has 0 saturated heterocycles. The lowest BCUT2D eigenvalue weighted by atomic mass is 9.68. The second-order valence-electron chi connectivity index (χ2n) is 7.66. The molecule has 172 valence electrons. The lowest BCUT2D eigenvalue weighted by Crippen LogP contribution is -2.52. The zero-order chi connectivity index (χ0) is 23.0. The highest BCUT2D eigenvalue weighted by molar-refractivity contribution is 8.25. The van der Waals surface area contributed by atoms with Crippen LogP contribution in [0.25, 0.3) is 0 Å². The zero-order valence-corrected chi connectivity index (χ0v) is 20.6. The van der Waals surface area contributed by atoms with Crippen molar-refractivity contribution in [1.29, 1.82) is 0 Å². The summed E-state index contributed by atoms with van der Waals surface area (Å²) < 4.78 is 89.2. The first-order valence-corrected chi connectivity index (χ1v) is 13.7. The fourth-order valence-corrected chi connectivity index (χ4v) is 11.0. The Morgan fingerprint density at radius 2 is 1.03 bits per heavy atom. The third kappa shape index (κ3) is 2.71. The summed E-state index contributed by atoms with van der Waals surface area (Å²) in [7, 11) is 0. The third-order valence-corrected chi connectivity index (χ3v) is 12.1. The van der Waals surface area contributed by atoms with E-state index in [0.29, 0.717) is 32.8 Å². The van der Waals surface area contributed by atoms with Crippen LogP contribution in [0.1, 0.15) is 40.5 Å². The fourth-order valence-electron chi connectivity index (χ4n) is 5.09. The number of fused-ring (bicyclic) bond motifs is 4. The minimum absolute atomic E-state index is 0.0398. The molecule has 2 heterocycles. The molecule has 1 fully saturated rings. The largest absolute Gasteiger partial charge is 0.380 e. The Bertz CT molecular complexity index is 874. The van der Waals surface area contributed by atoms with Gasteiger partial charge in [0.25, 0.3) is 0 Å². The first-order chi connectivity index (χ1) is 14.4. The molecule has 0 bridgehead atoms. The number of halogens is 6. The Labute approximate surface area is 195 Å². The smallest absolute Gasteiger partial charge is 0.194 e. The Morgan fingerprint density at radius 1 is 0.677 bits per heavy atom. The summed E-state index contributed by atoms with van der Waals surface area (Å²) in [6.45, 7) is 7.47. The Balaban J connectivity index is 2.14. The molecule has 0 radical (unpaired) electrons. The maximum Gasteiger partial charge on any atom is 0.380 e. The van der Waals surface area contributed by atoms with Gasteiger partial charge < -0.3 is 0 Å². The van der Waals surface area contributed by atoms with Crippen LogP contribution in [0.2, 0.25) is 0 Å². The van der Waals surface area contributed by atoms with Gasteiger partial charge in [0.1, 0.15) is 0 Å². The topological polar surface area (TPSA) is 0 Å². The fraction of sp³-hybridized carbons (Fsp3) is 0.619. The second kappa shape index (κ2) is 7.47. The van der Waals surface area contributed by atoms with Gasteiger partial charge in [-0.05, 0) is 47.6 Å². The molecular formula is C21H22F6S4. The monoisotopic (exact) mass is 516 g/mol. The lowest BCUT2D eigenvalue weighted by molar-refractivity contribution is -0.258. The van der Waals surface area contributed by atoms with Gasteiger partial charge in [0.15, 0.2) is 0 Å². The molecule has 0 aromatic rings. The summed E-state index contributed by atoms with van der Waals surface area (Å²) in [5.74, 6) is -14.0. The van der Waals surface area contributed by atoms with E-state index >= 15 is 17.6 Å². The van der Waals surface area contributed by atoms with Crippen molar-refractivity contribution in [3.63, 3.8) is 0 Å². The maximum absolute atomic E-state index is 15.1. The molecule has 2 atom stereocenters. The molecule has 2 aliphatic heterocycles. The molecule has 0 spiro atoms. The number of thioether (sulfide) groups is 4. The van der Waals surface area contributed by atoms with E-state index in [9.17, 15) is 8.78 Å². The predicted octanol–water partition coefficient (Wildman–Crippen LogP) is 8.49. The van der Waals surface area contributed by atoms with Crippen molar-refractivity contribution in [1.82, 2.24) is 0 Å². The molecule has 0 nitrogen and oxygen atoms in total. The molecule has 0 aromatic carbocycles. The number of allylic oxidation sites excluding steroid dienone is 4. The molecule has 0 aromatic heterocycles. The van der Waals surface area contributed by atoms with E-state index in [-0.39, 0.29) is 11.1 Å². The Morgan fingerprint density at radius 3 is 1.32 bits per heavy atom. The number of hydrogen-bond acceptors (Lipinski definition) is 4. The SMILES string of the molecule is CCSC1=CC2=C3C(=C4C=C(SCC)S[C@@]4(CC)[C@]2(CC)S1)C(F)(F)C(F)(F)C3(F)F. The molecule has 4 aliphatic rings. The molecule has 4 rings (SSSR count).